The van der Waals surface area contributed by atoms with E-state index in [-0.39, 0.29) is 18.0 Å². The fourth-order valence-corrected chi connectivity index (χ4v) is 1.94. The summed E-state index contributed by atoms with van der Waals surface area (Å²) in [5, 5.41) is 13.2. The Morgan fingerprint density at radius 2 is 2.00 bits per heavy atom. The number of aryl methyl sites for hydroxylation is 1. The third kappa shape index (κ3) is 4.28. The van der Waals surface area contributed by atoms with Crippen LogP contribution in [-0.4, -0.2) is 17.6 Å². The quantitative estimate of drug-likeness (QED) is 0.834. The molecular weight excluding hydrogens is 313 g/mol. The van der Waals surface area contributed by atoms with Gasteiger partial charge in [0.25, 0.3) is 5.91 Å². The molecule has 2 aromatic rings. The Morgan fingerprint density at radius 1 is 1.24 bits per heavy atom. The predicted octanol–water partition coefficient (Wildman–Crippen LogP) is 4.02. The molecule has 0 unspecified atom stereocenters. The smallest absolute Gasteiger partial charge is 0.262 e. The molecule has 0 aliphatic rings. The number of benzene rings is 2. The number of aromatic hydroxyl groups is 1. The number of amides is 1. The molecule has 0 aliphatic heterocycles. The Bertz CT molecular complexity index is 674. The lowest BCUT2D eigenvalue weighted by Crippen LogP contribution is -2.20. The molecular formula is C15H13Cl2NO3. The van der Waals surface area contributed by atoms with Crippen molar-refractivity contribution in [3.05, 3.63) is 52.0 Å². The highest BCUT2D eigenvalue weighted by Gasteiger charge is 2.08. The van der Waals surface area contributed by atoms with E-state index in [1.807, 2.05) is 6.92 Å². The van der Waals surface area contributed by atoms with Gasteiger partial charge in [0.15, 0.2) is 6.61 Å². The summed E-state index contributed by atoms with van der Waals surface area (Å²) in [5.74, 6) is 0.0811. The van der Waals surface area contributed by atoms with Gasteiger partial charge in [0, 0.05) is 10.0 Å². The Hall–Kier alpha value is -1.91. The molecule has 2 rings (SSSR count). The van der Waals surface area contributed by atoms with Gasteiger partial charge < -0.3 is 15.2 Å². The molecule has 21 heavy (non-hydrogen) atoms. The Kier molecular flexibility index (Phi) is 4.94. The summed E-state index contributed by atoms with van der Waals surface area (Å²) in [6.45, 7) is 1.66. The van der Waals surface area contributed by atoms with E-state index in [2.05, 4.69) is 5.32 Å². The Labute approximate surface area is 132 Å². The van der Waals surface area contributed by atoms with Crippen LogP contribution in [0, 0.1) is 6.92 Å². The van der Waals surface area contributed by atoms with E-state index in [9.17, 15) is 9.90 Å². The van der Waals surface area contributed by atoms with Crippen molar-refractivity contribution in [1.29, 1.82) is 0 Å². The molecule has 0 bridgehead atoms. The van der Waals surface area contributed by atoms with Gasteiger partial charge in [0.1, 0.15) is 11.5 Å². The lowest BCUT2D eigenvalue weighted by Gasteiger charge is -2.10. The van der Waals surface area contributed by atoms with Crippen LogP contribution in [-0.2, 0) is 4.79 Å². The second-order valence-corrected chi connectivity index (χ2v) is 5.25. The third-order valence-electron chi connectivity index (χ3n) is 2.73. The van der Waals surface area contributed by atoms with Gasteiger partial charge in [-0.25, -0.2) is 0 Å². The van der Waals surface area contributed by atoms with Gasteiger partial charge in [-0.05, 0) is 48.9 Å². The maximum absolute atomic E-state index is 11.8. The molecule has 0 saturated heterocycles. The highest BCUT2D eigenvalue weighted by molar-refractivity contribution is 6.31. The van der Waals surface area contributed by atoms with E-state index in [1.54, 1.807) is 18.2 Å². The lowest BCUT2D eigenvalue weighted by molar-refractivity contribution is -0.118. The largest absolute Gasteiger partial charge is 0.506 e. The second-order valence-electron chi connectivity index (χ2n) is 4.41. The molecule has 0 aliphatic carbocycles. The number of phenols is 1. The van der Waals surface area contributed by atoms with Crippen molar-refractivity contribution in [2.45, 2.75) is 6.92 Å². The van der Waals surface area contributed by atoms with Crippen molar-refractivity contribution < 1.29 is 14.6 Å². The highest BCUT2D eigenvalue weighted by atomic mass is 35.5. The molecule has 0 atom stereocenters. The van der Waals surface area contributed by atoms with Gasteiger partial charge in [-0.3, -0.25) is 4.79 Å². The van der Waals surface area contributed by atoms with Gasteiger partial charge in [0.2, 0.25) is 0 Å². The van der Waals surface area contributed by atoms with Crippen molar-refractivity contribution >= 4 is 34.8 Å². The predicted molar refractivity (Wildman–Crippen MR) is 83.4 cm³/mol. The number of halogens is 2. The van der Waals surface area contributed by atoms with Crippen molar-refractivity contribution in [2.75, 3.05) is 11.9 Å². The van der Waals surface area contributed by atoms with Crippen LogP contribution >= 0.6 is 23.2 Å². The summed E-state index contributed by atoms with van der Waals surface area (Å²) in [6, 6.07) is 9.51. The number of hydrogen-bond donors (Lipinski definition) is 2. The monoisotopic (exact) mass is 325 g/mol. The average Bonchev–Trinajstić information content (AvgIpc) is 2.44. The number of ether oxygens (including phenoxy) is 1. The molecule has 0 radical (unpaired) electrons. The molecule has 4 nitrogen and oxygen atoms in total. The number of carbonyl (C=O) groups is 1. The number of phenolic OH excluding ortho intramolecular Hbond substituents is 1. The molecule has 1 amide bonds. The number of hydrogen-bond acceptors (Lipinski definition) is 3. The Morgan fingerprint density at radius 3 is 2.71 bits per heavy atom. The van der Waals surface area contributed by atoms with Crippen LogP contribution in [0.1, 0.15) is 5.56 Å². The SMILES string of the molecule is Cc1cc(OCC(=O)Nc2cc(Cl)ccc2O)ccc1Cl. The number of nitrogens with one attached hydrogen (secondary N) is 1. The van der Waals surface area contributed by atoms with E-state index in [1.165, 1.54) is 18.2 Å². The van der Waals surface area contributed by atoms with Gasteiger partial charge in [-0.15, -0.1) is 0 Å². The summed E-state index contributed by atoms with van der Waals surface area (Å²) in [7, 11) is 0. The standard InChI is InChI=1S/C15H13Cl2NO3/c1-9-6-11(3-4-12(9)17)21-8-15(20)18-13-7-10(16)2-5-14(13)19/h2-7,19H,8H2,1H3,(H,18,20). The minimum atomic E-state index is -0.403. The van der Waals surface area contributed by atoms with Crippen LogP contribution in [0.15, 0.2) is 36.4 Å². The maximum Gasteiger partial charge on any atom is 0.262 e. The number of carbonyl (C=O) groups excluding carboxylic acids is 1. The summed E-state index contributed by atoms with van der Waals surface area (Å²) < 4.78 is 5.36. The summed E-state index contributed by atoms with van der Waals surface area (Å²) >= 11 is 11.7. The van der Waals surface area contributed by atoms with E-state index < -0.39 is 5.91 Å². The highest BCUT2D eigenvalue weighted by Crippen LogP contribution is 2.26. The third-order valence-corrected chi connectivity index (χ3v) is 3.39. The zero-order chi connectivity index (χ0) is 15.4. The minimum Gasteiger partial charge on any atom is -0.506 e. The van der Waals surface area contributed by atoms with Crippen LogP contribution in [0.2, 0.25) is 10.0 Å². The van der Waals surface area contributed by atoms with E-state index >= 15 is 0 Å². The summed E-state index contributed by atoms with van der Waals surface area (Å²) in [4.78, 5) is 11.8. The molecule has 0 heterocycles. The zero-order valence-electron chi connectivity index (χ0n) is 11.2. The van der Waals surface area contributed by atoms with Gasteiger partial charge in [-0.1, -0.05) is 23.2 Å². The maximum atomic E-state index is 11.8. The first-order valence-corrected chi connectivity index (χ1v) is 6.88. The number of anilines is 1. The fourth-order valence-electron chi connectivity index (χ4n) is 1.65. The van der Waals surface area contributed by atoms with Crippen LogP contribution in [0.4, 0.5) is 5.69 Å². The minimum absolute atomic E-state index is 0.0601. The summed E-state index contributed by atoms with van der Waals surface area (Å²) in [5.41, 5.74) is 1.10. The van der Waals surface area contributed by atoms with Crippen molar-refractivity contribution in [2.24, 2.45) is 0 Å². The fraction of sp³-hybridized carbons (Fsp3) is 0.133. The zero-order valence-corrected chi connectivity index (χ0v) is 12.7. The van der Waals surface area contributed by atoms with E-state index in [0.717, 1.165) is 5.56 Å². The number of rotatable bonds is 4. The van der Waals surface area contributed by atoms with Crippen molar-refractivity contribution in [1.82, 2.24) is 0 Å². The van der Waals surface area contributed by atoms with Gasteiger partial charge >= 0.3 is 0 Å². The van der Waals surface area contributed by atoms with Crippen molar-refractivity contribution in [3.8, 4) is 11.5 Å². The first kappa shape index (κ1) is 15.5. The van der Waals surface area contributed by atoms with Gasteiger partial charge in [-0.2, -0.15) is 0 Å². The molecule has 2 aromatic carbocycles. The lowest BCUT2D eigenvalue weighted by atomic mass is 10.2. The van der Waals surface area contributed by atoms with E-state index in [4.69, 9.17) is 27.9 Å². The molecule has 0 aromatic heterocycles. The van der Waals surface area contributed by atoms with Gasteiger partial charge in [0.05, 0.1) is 5.69 Å². The molecule has 110 valence electrons. The van der Waals surface area contributed by atoms with Crippen LogP contribution < -0.4 is 10.1 Å². The molecule has 0 saturated carbocycles. The average molecular weight is 326 g/mol. The van der Waals surface area contributed by atoms with Crippen LogP contribution in [0.5, 0.6) is 11.5 Å². The summed E-state index contributed by atoms with van der Waals surface area (Å²) in [6.07, 6.45) is 0. The molecule has 2 N–H and O–H groups in total. The van der Waals surface area contributed by atoms with Crippen LogP contribution in [0.3, 0.4) is 0 Å². The molecule has 0 fully saturated rings. The van der Waals surface area contributed by atoms with Crippen molar-refractivity contribution in [3.63, 3.8) is 0 Å². The first-order chi connectivity index (χ1) is 9.95. The second kappa shape index (κ2) is 6.70. The normalized spacial score (nSPS) is 10.2. The molecule has 6 heteroatoms. The topological polar surface area (TPSA) is 58.6 Å². The first-order valence-electron chi connectivity index (χ1n) is 6.13. The Balaban J connectivity index is 1.95. The molecule has 0 spiro atoms. The van der Waals surface area contributed by atoms with E-state index in [0.29, 0.717) is 15.8 Å². The van der Waals surface area contributed by atoms with Crippen LogP contribution in [0.25, 0.3) is 0 Å².